The summed E-state index contributed by atoms with van der Waals surface area (Å²) in [5.41, 5.74) is 3.93. The monoisotopic (exact) mass is 311 g/mol. The molecule has 2 aromatic rings. The fourth-order valence-electron chi connectivity index (χ4n) is 1.81. The van der Waals surface area contributed by atoms with E-state index in [1.54, 1.807) is 17.9 Å². The van der Waals surface area contributed by atoms with E-state index in [1.807, 2.05) is 6.92 Å². The van der Waals surface area contributed by atoms with E-state index in [1.165, 1.54) is 12.4 Å². The molecule has 10 heteroatoms. The summed E-state index contributed by atoms with van der Waals surface area (Å²) in [6, 6.07) is 0. The fourth-order valence-corrected chi connectivity index (χ4v) is 2.71. The van der Waals surface area contributed by atoms with Crippen molar-refractivity contribution in [3.63, 3.8) is 0 Å². The molecule has 0 fully saturated rings. The zero-order valence-corrected chi connectivity index (χ0v) is 12.6. The molecule has 0 radical (unpaired) electrons. The van der Waals surface area contributed by atoms with Crippen LogP contribution in [0.25, 0.3) is 0 Å². The number of hydrogen-bond acceptors (Lipinski definition) is 7. The van der Waals surface area contributed by atoms with Gasteiger partial charge in [-0.3, -0.25) is 10.1 Å². The molecule has 2 heterocycles. The third-order valence-electron chi connectivity index (χ3n) is 2.85. The van der Waals surface area contributed by atoms with Crippen LogP contribution in [-0.4, -0.2) is 28.2 Å². The van der Waals surface area contributed by atoms with Gasteiger partial charge in [0, 0.05) is 25.4 Å². The molecule has 0 aliphatic carbocycles. The Morgan fingerprint density at radius 2 is 2.00 bits per heavy atom. The first-order valence-electron chi connectivity index (χ1n) is 6.26. The van der Waals surface area contributed by atoms with Crippen LogP contribution >= 0.6 is 0 Å². The minimum absolute atomic E-state index is 0.0246. The summed E-state index contributed by atoms with van der Waals surface area (Å²) in [6.45, 7) is 2.13. The predicted octanol–water partition coefficient (Wildman–Crippen LogP) is -0.463. The first kappa shape index (κ1) is 15.4. The standard InChI is InChI=1S/C11H17N7O2S/c1-3-10-8(7-18(2)17-10)4-15-21(19,20)9-5-13-11(16-12)14-6-9/h5-7,15H,3-4,12H2,1-2H3,(H,13,14,16). The normalized spacial score (nSPS) is 11.6. The van der Waals surface area contributed by atoms with Crippen molar-refractivity contribution >= 4 is 16.0 Å². The number of aryl methyl sites for hydroxylation is 2. The summed E-state index contributed by atoms with van der Waals surface area (Å²) in [4.78, 5) is 7.52. The van der Waals surface area contributed by atoms with Crippen LogP contribution in [0, 0.1) is 0 Å². The largest absolute Gasteiger partial charge is 0.292 e. The maximum Gasteiger partial charge on any atom is 0.243 e. The van der Waals surface area contributed by atoms with E-state index >= 15 is 0 Å². The maximum atomic E-state index is 12.1. The number of sulfonamides is 1. The van der Waals surface area contributed by atoms with Gasteiger partial charge < -0.3 is 0 Å². The molecule has 0 aliphatic heterocycles. The summed E-state index contributed by atoms with van der Waals surface area (Å²) in [6.07, 6.45) is 4.90. The van der Waals surface area contributed by atoms with Gasteiger partial charge in [0.1, 0.15) is 4.90 Å². The van der Waals surface area contributed by atoms with Gasteiger partial charge >= 0.3 is 0 Å². The average Bonchev–Trinajstić information content (AvgIpc) is 2.85. The highest BCUT2D eigenvalue weighted by Crippen LogP contribution is 2.11. The first-order chi connectivity index (χ1) is 9.96. The molecule has 0 aliphatic rings. The molecule has 0 saturated heterocycles. The summed E-state index contributed by atoms with van der Waals surface area (Å²) >= 11 is 0. The van der Waals surface area contributed by atoms with Crippen molar-refractivity contribution in [1.29, 1.82) is 0 Å². The predicted molar refractivity (Wildman–Crippen MR) is 76.5 cm³/mol. The summed E-state index contributed by atoms with van der Waals surface area (Å²) in [7, 11) is -1.88. The molecular formula is C11H17N7O2S. The second-order valence-corrected chi connectivity index (χ2v) is 6.11. The van der Waals surface area contributed by atoms with Gasteiger partial charge in [-0.05, 0) is 6.42 Å². The second-order valence-electron chi connectivity index (χ2n) is 4.34. The van der Waals surface area contributed by atoms with Gasteiger partial charge in [-0.15, -0.1) is 0 Å². The average molecular weight is 311 g/mol. The smallest absolute Gasteiger partial charge is 0.243 e. The summed E-state index contributed by atoms with van der Waals surface area (Å²) in [5.74, 6) is 5.28. The van der Waals surface area contributed by atoms with E-state index in [9.17, 15) is 8.42 Å². The summed E-state index contributed by atoms with van der Waals surface area (Å²) < 4.78 is 28.4. The number of hydrazine groups is 1. The zero-order chi connectivity index (χ0) is 15.5. The van der Waals surface area contributed by atoms with E-state index in [0.717, 1.165) is 17.7 Å². The first-order valence-corrected chi connectivity index (χ1v) is 7.74. The Kier molecular flexibility index (Phi) is 4.50. The highest BCUT2D eigenvalue weighted by Gasteiger charge is 2.16. The molecule has 0 bridgehead atoms. The molecular weight excluding hydrogens is 294 g/mol. The number of rotatable bonds is 6. The lowest BCUT2D eigenvalue weighted by atomic mass is 10.2. The van der Waals surface area contributed by atoms with Crippen molar-refractivity contribution in [3.8, 4) is 0 Å². The SMILES string of the molecule is CCc1nn(C)cc1CNS(=O)(=O)c1cnc(NN)nc1. The van der Waals surface area contributed by atoms with Gasteiger partial charge in [-0.25, -0.2) is 29.0 Å². The fraction of sp³-hybridized carbons (Fsp3) is 0.364. The van der Waals surface area contributed by atoms with E-state index in [-0.39, 0.29) is 17.4 Å². The second kappa shape index (κ2) is 6.16. The van der Waals surface area contributed by atoms with Crippen LogP contribution in [0.3, 0.4) is 0 Å². The van der Waals surface area contributed by atoms with Gasteiger partial charge in [0.15, 0.2) is 0 Å². The molecule has 0 saturated carbocycles. The molecule has 4 N–H and O–H groups in total. The minimum Gasteiger partial charge on any atom is -0.292 e. The number of anilines is 1. The molecule has 21 heavy (non-hydrogen) atoms. The van der Waals surface area contributed by atoms with Crippen molar-refractivity contribution in [1.82, 2.24) is 24.5 Å². The summed E-state index contributed by atoms with van der Waals surface area (Å²) in [5, 5.41) is 4.26. The van der Waals surface area contributed by atoms with Crippen molar-refractivity contribution in [2.45, 2.75) is 24.8 Å². The highest BCUT2D eigenvalue weighted by molar-refractivity contribution is 7.89. The van der Waals surface area contributed by atoms with Gasteiger partial charge in [0.25, 0.3) is 0 Å². The van der Waals surface area contributed by atoms with E-state index in [0.29, 0.717) is 0 Å². The van der Waals surface area contributed by atoms with Crippen LogP contribution in [0.2, 0.25) is 0 Å². The van der Waals surface area contributed by atoms with Gasteiger partial charge in [0.2, 0.25) is 16.0 Å². The molecule has 2 rings (SSSR count). The molecule has 0 unspecified atom stereocenters. The number of nitrogens with two attached hydrogens (primary N) is 1. The Labute approximate surface area is 122 Å². The van der Waals surface area contributed by atoms with Crippen LogP contribution < -0.4 is 16.0 Å². The number of aromatic nitrogens is 4. The van der Waals surface area contributed by atoms with Crippen molar-refractivity contribution in [2.75, 3.05) is 5.43 Å². The molecule has 0 spiro atoms. The Hall–Kier alpha value is -2.04. The van der Waals surface area contributed by atoms with Crippen LogP contribution in [0.4, 0.5) is 5.95 Å². The van der Waals surface area contributed by atoms with Crippen LogP contribution in [0.5, 0.6) is 0 Å². The lowest BCUT2D eigenvalue weighted by Gasteiger charge is -2.06. The third kappa shape index (κ3) is 3.54. The van der Waals surface area contributed by atoms with Gasteiger partial charge in [-0.2, -0.15) is 5.10 Å². The molecule has 9 nitrogen and oxygen atoms in total. The van der Waals surface area contributed by atoms with Crippen molar-refractivity contribution in [2.24, 2.45) is 12.9 Å². The number of nitrogen functional groups attached to an aromatic ring is 1. The quantitative estimate of drug-likeness (QED) is 0.486. The van der Waals surface area contributed by atoms with Gasteiger partial charge in [-0.1, -0.05) is 6.92 Å². The lowest BCUT2D eigenvalue weighted by Crippen LogP contribution is -2.24. The Bertz CT molecular complexity index is 709. The number of hydrogen-bond donors (Lipinski definition) is 3. The maximum absolute atomic E-state index is 12.1. The highest BCUT2D eigenvalue weighted by atomic mass is 32.2. The van der Waals surface area contributed by atoms with Crippen LogP contribution in [-0.2, 0) is 30.0 Å². The molecule has 114 valence electrons. The van der Waals surface area contributed by atoms with Crippen LogP contribution in [0.15, 0.2) is 23.5 Å². The molecule has 0 amide bonds. The van der Waals surface area contributed by atoms with Gasteiger partial charge in [0.05, 0.1) is 18.1 Å². The molecule has 0 atom stereocenters. The zero-order valence-electron chi connectivity index (χ0n) is 11.7. The molecule has 0 aromatic carbocycles. The molecule has 2 aromatic heterocycles. The van der Waals surface area contributed by atoms with Crippen molar-refractivity contribution < 1.29 is 8.42 Å². The van der Waals surface area contributed by atoms with Crippen LogP contribution in [0.1, 0.15) is 18.2 Å². The topological polar surface area (TPSA) is 128 Å². The lowest BCUT2D eigenvalue weighted by molar-refractivity contribution is 0.580. The van der Waals surface area contributed by atoms with E-state index < -0.39 is 10.0 Å². The Morgan fingerprint density at radius 1 is 1.33 bits per heavy atom. The van der Waals surface area contributed by atoms with E-state index in [2.05, 4.69) is 25.2 Å². The Morgan fingerprint density at radius 3 is 2.57 bits per heavy atom. The number of nitrogens with zero attached hydrogens (tertiary/aromatic N) is 4. The van der Waals surface area contributed by atoms with Crippen molar-refractivity contribution in [3.05, 3.63) is 29.8 Å². The third-order valence-corrected chi connectivity index (χ3v) is 4.20. The number of nitrogens with one attached hydrogen (secondary N) is 2. The van der Waals surface area contributed by atoms with E-state index in [4.69, 9.17) is 5.84 Å². The minimum atomic E-state index is -3.68. The Balaban J connectivity index is 2.13.